The molecule has 2 aromatic rings. The van der Waals surface area contributed by atoms with E-state index >= 15 is 0 Å². The summed E-state index contributed by atoms with van der Waals surface area (Å²) in [5.74, 6) is 0. The van der Waals surface area contributed by atoms with Crippen LogP contribution in [0.5, 0.6) is 0 Å². The monoisotopic (exact) mass is 299 g/mol. The summed E-state index contributed by atoms with van der Waals surface area (Å²) in [7, 11) is 0. The standard InChI is InChI=1S/C13H8F3NS2/c14-13(15,16)19-8-5-6-12-10(7-8)17-9-3-1-2-4-11(9)18-12/h1-7,17H. The lowest BCUT2D eigenvalue weighted by molar-refractivity contribution is -0.0328. The summed E-state index contributed by atoms with van der Waals surface area (Å²) in [4.78, 5) is 2.20. The predicted octanol–water partition coefficient (Wildman–Crippen LogP) is 5.51. The van der Waals surface area contributed by atoms with Gasteiger partial charge >= 0.3 is 5.51 Å². The van der Waals surface area contributed by atoms with Crippen LogP contribution in [0.2, 0.25) is 0 Å². The number of nitrogens with one attached hydrogen (secondary N) is 1. The average Bonchev–Trinajstić information content (AvgIpc) is 2.34. The van der Waals surface area contributed by atoms with Gasteiger partial charge in [-0.05, 0) is 42.1 Å². The molecule has 0 saturated carbocycles. The Balaban J connectivity index is 1.92. The Morgan fingerprint density at radius 2 is 1.68 bits per heavy atom. The van der Waals surface area contributed by atoms with E-state index in [2.05, 4.69) is 5.32 Å². The lowest BCUT2D eigenvalue weighted by atomic mass is 10.2. The van der Waals surface area contributed by atoms with Crippen LogP contribution in [0.4, 0.5) is 24.5 Å². The molecule has 0 radical (unpaired) electrons. The zero-order valence-corrected chi connectivity index (χ0v) is 11.1. The minimum Gasteiger partial charge on any atom is -0.354 e. The highest BCUT2D eigenvalue weighted by Gasteiger charge is 2.29. The van der Waals surface area contributed by atoms with Crippen molar-refractivity contribution in [2.45, 2.75) is 20.2 Å². The maximum absolute atomic E-state index is 12.3. The van der Waals surface area contributed by atoms with Gasteiger partial charge in [-0.25, -0.2) is 0 Å². The number of fused-ring (bicyclic) bond motifs is 2. The molecule has 0 fully saturated rings. The molecule has 0 unspecified atom stereocenters. The first-order valence-electron chi connectivity index (χ1n) is 5.45. The quantitative estimate of drug-likeness (QED) is 0.595. The number of rotatable bonds is 1. The molecule has 2 aromatic carbocycles. The molecule has 0 aliphatic carbocycles. The van der Waals surface area contributed by atoms with Crippen LogP contribution >= 0.6 is 23.5 Å². The predicted molar refractivity (Wildman–Crippen MR) is 72.2 cm³/mol. The van der Waals surface area contributed by atoms with Crippen molar-refractivity contribution in [3.8, 4) is 0 Å². The zero-order chi connectivity index (χ0) is 13.5. The number of hydrogen-bond acceptors (Lipinski definition) is 3. The smallest absolute Gasteiger partial charge is 0.354 e. The Bertz CT molecular complexity index is 626. The molecule has 1 aliphatic rings. The third kappa shape index (κ3) is 2.84. The van der Waals surface area contributed by atoms with Gasteiger partial charge in [0.05, 0.1) is 11.4 Å². The molecule has 19 heavy (non-hydrogen) atoms. The molecule has 1 nitrogen and oxygen atoms in total. The Morgan fingerprint density at radius 1 is 0.947 bits per heavy atom. The first-order chi connectivity index (χ1) is 9.01. The van der Waals surface area contributed by atoms with Gasteiger partial charge in [-0.3, -0.25) is 0 Å². The van der Waals surface area contributed by atoms with E-state index in [0.29, 0.717) is 0 Å². The third-order valence-corrected chi connectivity index (χ3v) is 4.43. The SMILES string of the molecule is FC(F)(F)Sc1ccc2c(c1)Nc1ccccc1S2. The summed E-state index contributed by atoms with van der Waals surface area (Å²) in [6, 6.07) is 12.5. The molecular formula is C13H8F3NS2. The minimum absolute atomic E-state index is 0.0944. The van der Waals surface area contributed by atoms with Gasteiger partial charge in [-0.2, -0.15) is 13.2 Å². The van der Waals surface area contributed by atoms with Crippen molar-refractivity contribution >= 4 is 34.9 Å². The highest BCUT2D eigenvalue weighted by Crippen LogP contribution is 2.46. The van der Waals surface area contributed by atoms with E-state index in [4.69, 9.17) is 0 Å². The van der Waals surface area contributed by atoms with E-state index in [1.54, 1.807) is 17.8 Å². The Labute approximate surface area is 116 Å². The minimum atomic E-state index is -4.26. The van der Waals surface area contributed by atoms with Crippen LogP contribution in [0.3, 0.4) is 0 Å². The molecule has 0 atom stereocenters. The van der Waals surface area contributed by atoms with Crippen LogP contribution in [0.25, 0.3) is 0 Å². The van der Waals surface area contributed by atoms with Crippen LogP contribution in [-0.4, -0.2) is 5.51 Å². The highest BCUT2D eigenvalue weighted by molar-refractivity contribution is 8.00. The van der Waals surface area contributed by atoms with Crippen molar-refractivity contribution in [3.05, 3.63) is 42.5 Å². The maximum atomic E-state index is 12.3. The first kappa shape index (κ1) is 12.7. The molecule has 0 saturated heterocycles. The molecule has 3 rings (SSSR count). The van der Waals surface area contributed by atoms with Gasteiger partial charge in [0.25, 0.3) is 0 Å². The Hall–Kier alpha value is -1.27. The van der Waals surface area contributed by atoms with Crippen molar-refractivity contribution in [1.29, 1.82) is 0 Å². The second-order valence-corrected chi connectivity index (χ2v) is 6.15. The number of thioether (sulfide) groups is 1. The summed E-state index contributed by atoms with van der Waals surface area (Å²) < 4.78 is 37.0. The molecule has 0 amide bonds. The number of benzene rings is 2. The van der Waals surface area contributed by atoms with Gasteiger partial charge in [0, 0.05) is 14.7 Å². The van der Waals surface area contributed by atoms with E-state index in [-0.39, 0.29) is 16.7 Å². The molecule has 1 heterocycles. The fourth-order valence-corrected chi connectivity index (χ4v) is 3.36. The van der Waals surface area contributed by atoms with E-state index < -0.39 is 5.51 Å². The van der Waals surface area contributed by atoms with Gasteiger partial charge in [0.1, 0.15) is 0 Å². The number of halogens is 3. The van der Waals surface area contributed by atoms with Crippen LogP contribution in [-0.2, 0) is 0 Å². The Kier molecular flexibility index (Phi) is 3.14. The molecule has 0 aromatic heterocycles. The number of anilines is 2. The van der Waals surface area contributed by atoms with Crippen LogP contribution in [0, 0.1) is 0 Å². The normalized spacial score (nSPS) is 13.4. The number of para-hydroxylation sites is 1. The molecule has 0 bridgehead atoms. The van der Waals surface area contributed by atoms with Gasteiger partial charge < -0.3 is 5.32 Å². The summed E-state index contributed by atoms with van der Waals surface area (Å²) in [6.45, 7) is 0. The molecule has 98 valence electrons. The van der Waals surface area contributed by atoms with Crippen LogP contribution in [0.15, 0.2) is 57.2 Å². The van der Waals surface area contributed by atoms with Crippen molar-refractivity contribution in [1.82, 2.24) is 0 Å². The van der Waals surface area contributed by atoms with Gasteiger partial charge in [-0.15, -0.1) is 0 Å². The van der Waals surface area contributed by atoms with Crippen LogP contribution in [0.1, 0.15) is 0 Å². The lowest BCUT2D eigenvalue weighted by Crippen LogP contribution is -2.02. The van der Waals surface area contributed by atoms with E-state index in [0.717, 1.165) is 21.2 Å². The second-order valence-electron chi connectivity index (χ2n) is 3.93. The average molecular weight is 299 g/mol. The maximum Gasteiger partial charge on any atom is 0.446 e. The van der Waals surface area contributed by atoms with E-state index in [1.807, 2.05) is 24.3 Å². The first-order valence-corrected chi connectivity index (χ1v) is 7.08. The van der Waals surface area contributed by atoms with Crippen molar-refractivity contribution in [2.75, 3.05) is 5.32 Å². The van der Waals surface area contributed by atoms with Crippen molar-refractivity contribution in [3.63, 3.8) is 0 Å². The third-order valence-electron chi connectivity index (χ3n) is 2.56. The molecule has 0 spiro atoms. The van der Waals surface area contributed by atoms with E-state index in [1.165, 1.54) is 12.1 Å². The Morgan fingerprint density at radius 3 is 2.47 bits per heavy atom. The van der Waals surface area contributed by atoms with Crippen molar-refractivity contribution in [2.24, 2.45) is 0 Å². The molecular weight excluding hydrogens is 291 g/mol. The summed E-state index contributed by atoms with van der Waals surface area (Å²) in [5, 5.41) is 3.17. The van der Waals surface area contributed by atoms with Crippen molar-refractivity contribution < 1.29 is 13.2 Å². The topological polar surface area (TPSA) is 12.0 Å². The lowest BCUT2D eigenvalue weighted by Gasteiger charge is -2.21. The molecule has 6 heteroatoms. The molecule has 1 aliphatic heterocycles. The highest BCUT2D eigenvalue weighted by atomic mass is 32.2. The largest absolute Gasteiger partial charge is 0.446 e. The molecule has 1 N–H and O–H groups in total. The van der Waals surface area contributed by atoms with Gasteiger partial charge in [0.2, 0.25) is 0 Å². The number of hydrogen-bond donors (Lipinski definition) is 1. The summed E-state index contributed by atoms with van der Waals surface area (Å²) in [6.07, 6.45) is 0. The van der Waals surface area contributed by atoms with Gasteiger partial charge in [0.15, 0.2) is 0 Å². The van der Waals surface area contributed by atoms with E-state index in [9.17, 15) is 13.2 Å². The van der Waals surface area contributed by atoms with Crippen LogP contribution < -0.4 is 5.32 Å². The van der Waals surface area contributed by atoms with Gasteiger partial charge in [-0.1, -0.05) is 23.9 Å². The number of alkyl halides is 3. The summed E-state index contributed by atoms with van der Waals surface area (Å²) in [5.41, 5.74) is -2.61. The second kappa shape index (κ2) is 4.68. The fourth-order valence-electron chi connectivity index (χ4n) is 1.82. The summed E-state index contributed by atoms with van der Waals surface area (Å²) >= 11 is 1.46. The fraction of sp³-hybridized carbons (Fsp3) is 0.0769. The zero-order valence-electron chi connectivity index (χ0n) is 9.49.